The fourth-order valence-corrected chi connectivity index (χ4v) is 2.96. The second-order valence-electron chi connectivity index (χ2n) is 4.38. The van der Waals surface area contributed by atoms with Gasteiger partial charge in [-0.1, -0.05) is 31.9 Å². The van der Waals surface area contributed by atoms with Gasteiger partial charge in [-0.2, -0.15) is 0 Å². The van der Waals surface area contributed by atoms with Crippen LogP contribution in [0.3, 0.4) is 0 Å². The van der Waals surface area contributed by atoms with E-state index in [1.54, 1.807) is 12.1 Å². The molecule has 1 aromatic rings. The van der Waals surface area contributed by atoms with Crippen LogP contribution in [0, 0.1) is 0 Å². The van der Waals surface area contributed by atoms with Gasteiger partial charge in [0.1, 0.15) is 5.75 Å². The molecule has 1 fully saturated rings. The standard InChI is InChI=1S/C12H13Br2NO2/c13-7-12(4-1-5-12)15-11(17)9-6-8(14)2-3-10(9)16/h2-3,6,16H,1,4-5,7H2,(H,15,17). The van der Waals surface area contributed by atoms with Gasteiger partial charge >= 0.3 is 0 Å². The molecule has 0 atom stereocenters. The maximum absolute atomic E-state index is 12.1. The third-order valence-electron chi connectivity index (χ3n) is 3.15. The molecular weight excluding hydrogens is 350 g/mol. The normalized spacial score (nSPS) is 17.3. The Labute approximate surface area is 117 Å². The van der Waals surface area contributed by atoms with Crippen LogP contribution in [0.5, 0.6) is 5.75 Å². The predicted octanol–water partition coefficient (Wildman–Crippen LogP) is 3.20. The van der Waals surface area contributed by atoms with Crippen LogP contribution in [0.15, 0.2) is 22.7 Å². The van der Waals surface area contributed by atoms with Crippen LogP contribution >= 0.6 is 31.9 Å². The lowest BCUT2D eigenvalue weighted by Crippen LogP contribution is -2.54. The fourth-order valence-electron chi connectivity index (χ4n) is 1.89. The second-order valence-corrected chi connectivity index (χ2v) is 5.86. The van der Waals surface area contributed by atoms with Crippen molar-refractivity contribution in [3.63, 3.8) is 0 Å². The zero-order chi connectivity index (χ0) is 12.5. The van der Waals surface area contributed by atoms with Crippen LogP contribution in [-0.2, 0) is 0 Å². The first-order valence-corrected chi connectivity index (χ1v) is 7.35. The van der Waals surface area contributed by atoms with Gasteiger partial charge in [0, 0.05) is 9.80 Å². The molecule has 2 rings (SSSR count). The van der Waals surface area contributed by atoms with Gasteiger partial charge in [0.25, 0.3) is 5.91 Å². The van der Waals surface area contributed by atoms with Crippen molar-refractivity contribution in [3.8, 4) is 5.75 Å². The fraction of sp³-hybridized carbons (Fsp3) is 0.417. The van der Waals surface area contributed by atoms with E-state index in [0.29, 0.717) is 5.56 Å². The molecule has 1 aliphatic carbocycles. The summed E-state index contributed by atoms with van der Waals surface area (Å²) in [5.74, 6) is -0.210. The van der Waals surface area contributed by atoms with Crippen molar-refractivity contribution in [2.75, 3.05) is 5.33 Å². The van der Waals surface area contributed by atoms with E-state index in [4.69, 9.17) is 0 Å². The van der Waals surface area contributed by atoms with Gasteiger partial charge in [-0.15, -0.1) is 0 Å². The summed E-state index contributed by atoms with van der Waals surface area (Å²) in [6, 6.07) is 4.85. The molecule has 0 aromatic heterocycles. The van der Waals surface area contributed by atoms with E-state index >= 15 is 0 Å². The van der Waals surface area contributed by atoms with Crippen molar-refractivity contribution in [2.24, 2.45) is 0 Å². The van der Waals surface area contributed by atoms with Crippen molar-refractivity contribution in [2.45, 2.75) is 24.8 Å². The van der Waals surface area contributed by atoms with Gasteiger partial charge in [0.15, 0.2) is 0 Å². The largest absolute Gasteiger partial charge is 0.507 e. The molecule has 1 aliphatic rings. The number of hydrogen-bond acceptors (Lipinski definition) is 2. The van der Waals surface area contributed by atoms with E-state index in [-0.39, 0.29) is 17.2 Å². The predicted molar refractivity (Wildman–Crippen MR) is 73.6 cm³/mol. The van der Waals surface area contributed by atoms with Crippen molar-refractivity contribution in [3.05, 3.63) is 28.2 Å². The zero-order valence-corrected chi connectivity index (χ0v) is 12.3. The SMILES string of the molecule is O=C(NC1(CBr)CCC1)c1cc(Br)ccc1O. The maximum Gasteiger partial charge on any atom is 0.255 e. The van der Waals surface area contributed by atoms with E-state index in [2.05, 4.69) is 37.2 Å². The number of halogens is 2. The van der Waals surface area contributed by atoms with E-state index in [9.17, 15) is 9.90 Å². The minimum absolute atomic E-state index is 0.00902. The maximum atomic E-state index is 12.1. The van der Waals surface area contributed by atoms with Crippen molar-refractivity contribution in [1.29, 1.82) is 0 Å². The number of phenols is 1. The number of rotatable bonds is 3. The highest BCUT2D eigenvalue weighted by molar-refractivity contribution is 9.10. The Morgan fingerprint density at radius 1 is 1.47 bits per heavy atom. The van der Waals surface area contributed by atoms with Crippen molar-refractivity contribution in [1.82, 2.24) is 5.32 Å². The van der Waals surface area contributed by atoms with Crippen LogP contribution in [0.2, 0.25) is 0 Å². The number of benzene rings is 1. The lowest BCUT2D eigenvalue weighted by Gasteiger charge is -2.41. The highest BCUT2D eigenvalue weighted by Gasteiger charge is 2.37. The van der Waals surface area contributed by atoms with E-state index in [1.807, 2.05) is 0 Å². The van der Waals surface area contributed by atoms with Gasteiger partial charge < -0.3 is 10.4 Å². The first kappa shape index (κ1) is 12.9. The average molecular weight is 363 g/mol. The monoisotopic (exact) mass is 361 g/mol. The van der Waals surface area contributed by atoms with Crippen molar-refractivity contribution >= 4 is 37.8 Å². The summed E-state index contributed by atoms with van der Waals surface area (Å²) < 4.78 is 0.780. The Hall–Kier alpha value is -0.550. The molecule has 2 N–H and O–H groups in total. The Morgan fingerprint density at radius 2 is 2.18 bits per heavy atom. The topological polar surface area (TPSA) is 49.3 Å². The number of carbonyl (C=O) groups excluding carboxylic acids is 1. The summed E-state index contributed by atoms with van der Waals surface area (Å²) in [6.07, 6.45) is 3.11. The molecule has 0 spiro atoms. The van der Waals surface area contributed by atoms with Crippen LogP contribution < -0.4 is 5.32 Å². The number of nitrogens with one attached hydrogen (secondary N) is 1. The number of carbonyl (C=O) groups is 1. The Morgan fingerprint density at radius 3 is 2.71 bits per heavy atom. The quantitative estimate of drug-likeness (QED) is 0.811. The molecule has 1 saturated carbocycles. The lowest BCUT2D eigenvalue weighted by molar-refractivity contribution is 0.0854. The first-order valence-electron chi connectivity index (χ1n) is 5.43. The summed E-state index contributed by atoms with van der Waals surface area (Å²) in [6.45, 7) is 0. The molecule has 0 aliphatic heterocycles. The molecule has 1 amide bonds. The third-order valence-corrected chi connectivity index (χ3v) is 4.71. The van der Waals surface area contributed by atoms with Crippen LogP contribution in [-0.4, -0.2) is 21.9 Å². The number of amides is 1. The van der Waals surface area contributed by atoms with E-state index in [0.717, 1.165) is 29.1 Å². The summed E-state index contributed by atoms with van der Waals surface area (Å²) in [5, 5.41) is 13.4. The summed E-state index contributed by atoms with van der Waals surface area (Å²) >= 11 is 6.72. The van der Waals surface area contributed by atoms with Gasteiger partial charge in [-0.3, -0.25) is 4.79 Å². The zero-order valence-electron chi connectivity index (χ0n) is 9.17. The smallest absolute Gasteiger partial charge is 0.255 e. The molecule has 0 heterocycles. The molecular formula is C12H13Br2NO2. The van der Waals surface area contributed by atoms with Gasteiger partial charge in [-0.05, 0) is 37.5 Å². The van der Waals surface area contributed by atoms with Gasteiger partial charge in [0.05, 0.1) is 11.1 Å². The van der Waals surface area contributed by atoms with Crippen LogP contribution in [0.4, 0.5) is 0 Å². The van der Waals surface area contributed by atoms with Crippen LogP contribution in [0.25, 0.3) is 0 Å². The minimum Gasteiger partial charge on any atom is -0.507 e. The number of aromatic hydroxyl groups is 1. The molecule has 0 unspecified atom stereocenters. The van der Waals surface area contributed by atoms with Gasteiger partial charge in [-0.25, -0.2) is 0 Å². The lowest BCUT2D eigenvalue weighted by atomic mass is 9.78. The van der Waals surface area contributed by atoms with Gasteiger partial charge in [0.2, 0.25) is 0 Å². The van der Waals surface area contributed by atoms with E-state index in [1.165, 1.54) is 6.07 Å². The third kappa shape index (κ3) is 2.65. The molecule has 1 aromatic carbocycles. The number of hydrogen-bond donors (Lipinski definition) is 2. The number of phenolic OH excluding ortho intramolecular Hbond substituents is 1. The molecule has 5 heteroatoms. The molecule has 17 heavy (non-hydrogen) atoms. The van der Waals surface area contributed by atoms with Crippen LogP contribution in [0.1, 0.15) is 29.6 Å². The molecule has 92 valence electrons. The minimum atomic E-state index is -0.219. The highest BCUT2D eigenvalue weighted by Crippen LogP contribution is 2.34. The molecule has 3 nitrogen and oxygen atoms in total. The van der Waals surface area contributed by atoms with Crippen molar-refractivity contribution < 1.29 is 9.90 Å². The Balaban J connectivity index is 2.17. The first-order chi connectivity index (χ1) is 8.06. The highest BCUT2D eigenvalue weighted by atomic mass is 79.9. The Kier molecular flexibility index (Phi) is 3.78. The molecule has 0 saturated heterocycles. The average Bonchev–Trinajstić information content (AvgIpc) is 2.26. The summed E-state index contributed by atoms with van der Waals surface area (Å²) in [4.78, 5) is 12.1. The second kappa shape index (κ2) is 4.98. The van der Waals surface area contributed by atoms with E-state index < -0.39 is 0 Å². The number of alkyl halides is 1. The Bertz CT molecular complexity index is 439. The summed E-state index contributed by atoms with van der Waals surface area (Å²) in [7, 11) is 0. The molecule has 0 radical (unpaired) electrons. The summed E-state index contributed by atoms with van der Waals surface area (Å²) in [5.41, 5.74) is 0.179. The molecule has 0 bridgehead atoms.